The first-order valence-electron chi connectivity index (χ1n) is 6.90. The van der Waals surface area contributed by atoms with Gasteiger partial charge in [-0.1, -0.05) is 25.2 Å². The summed E-state index contributed by atoms with van der Waals surface area (Å²) >= 11 is 0. The highest BCUT2D eigenvalue weighted by Gasteiger charge is 2.39. The van der Waals surface area contributed by atoms with Crippen LogP contribution in [0.1, 0.15) is 26.2 Å². The van der Waals surface area contributed by atoms with Crippen LogP contribution in [0.3, 0.4) is 0 Å². The van der Waals surface area contributed by atoms with E-state index in [4.69, 9.17) is 19.0 Å². The molecule has 21 heavy (non-hydrogen) atoms. The Morgan fingerprint density at radius 1 is 1.05 bits per heavy atom. The third-order valence-corrected chi connectivity index (χ3v) is 5.24. The highest BCUT2D eigenvalue weighted by Crippen LogP contribution is 2.20. The van der Waals surface area contributed by atoms with Crippen molar-refractivity contribution < 1.29 is 13.3 Å². The fraction of sp³-hybridized carbons (Fsp3) is 0.600. The molecule has 0 unspecified atom stereocenters. The summed E-state index contributed by atoms with van der Waals surface area (Å²) in [5.74, 6) is 0. The van der Waals surface area contributed by atoms with Crippen molar-refractivity contribution in [3.05, 3.63) is 38.0 Å². The quantitative estimate of drug-likeness (QED) is 0.435. The average Bonchev–Trinajstić information content (AvgIpc) is 2.47. The number of halogens is 1. The summed E-state index contributed by atoms with van der Waals surface area (Å²) in [6, 6.07) is 0.602. The van der Waals surface area contributed by atoms with Gasteiger partial charge in [-0.25, -0.2) is 0 Å². The smallest absolute Gasteiger partial charge is 0.377 e. The lowest BCUT2D eigenvalue weighted by Crippen LogP contribution is -2.46. The summed E-state index contributed by atoms with van der Waals surface area (Å²) in [6.45, 7) is 14.0. The Bertz CT molecular complexity index is 249. The molecule has 0 spiro atoms. The first-order valence-corrected chi connectivity index (χ1v) is 8.83. The molecule has 2 N–H and O–H groups in total. The third kappa shape index (κ3) is 13.2. The molecule has 0 fully saturated rings. The maximum atomic E-state index is 5.94. The van der Waals surface area contributed by atoms with Crippen molar-refractivity contribution in [2.24, 2.45) is 5.73 Å². The summed E-state index contributed by atoms with van der Waals surface area (Å²) in [5.41, 5.74) is 5.03. The van der Waals surface area contributed by atoms with E-state index in [2.05, 4.69) is 26.7 Å². The van der Waals surface area contributed by atoms with Crippen LogP contribution >= 0.6 is 17.0 Å². The van der Waals surface area contributed by atoms with Gasteiger partial charge in [0.15, 0.2) is 0 Å². The molecule has 0 aromatic heterocycles. The number of nitrogens with two attached hydrogens (primary N) is 1. The molecular weight excluding hydrogens is 350 g/mol. The minimum absolute atomic E-state index is 0. The van der Waals surface area contributed by atoms with Gasteiger partial charge < -0.3 is 19.0 Å². The second-order valence-electron chi connectivity index (χ2n) is 4.16. The molecule has 0 aliphatic carbocycles. The fourth-order valence-corrected chi connectivity index (χ4v) is 3.23. The van der Waals surface area contributed by atoms with E-state index in [1.807, 2.05) is 12.2 Å². The van der Waals surface area contributed by atoms with Crippen LogP contribution in [0.4, 0.5) is 0 Å². The molecule has 0 radical (unpaired) electrons. The number of allylic oxidation sites excluding steroid dienone is 1. The van der Waals surface area contributed by atoms with Crippen molar-refractivity contribution in [3.8, 4) is 0 Å². The Labute approximate surface area is 142 Å². The summed E-state index contributed by atoms with van der Waals surface area (Å²) in [5, 5.41) is 0. The fourth-order valence-electron chi connectivity index (χ4n) is 1.39. The molecule has 0 aliphatic heterocycles. The zero-order valence-electron chi connectivity index (χ0n) is 13.7. The Kier molecular flexibility index (Phi) is 21.8. The second-order valence-corrected chi connectivity index (χ2v) is 6.99. The molecule has 0 bridgehead atoms. The largest absolute Gasteiger partial charge is 0.504 e. The van der Waals surface area contributed by atoms with E-state index >= 15 is 0 Å². The van der Waals surface area contributed by atoms with Gasteiger partial charge in [-0.15, -0.1) is 36.7 Å². The maximum absolute atomic E-state index is 5.94. The van der Waals surface area contributed by atoms with E-state index in [9.17, 15) is 0 Å². The minimum atomic E-state index is -2.59. The zero-order valence-corrected chi connectivity index (χ0v) is 16.4. The average molecular weight is 382 g/mol. The maximum Gasteiger partial charge on any atom is 0.504 e. The standard InChI is InChI=1S/C12H22O3Si.C3H9N.BrH/c1-6-9-12(10-7-2)15-16(13-4,14-5)11-8-3;1-2-3-4;/h6-8,12H,1-3,9-11H2,4-5H3;2-4H2,1H3;1H. The summed E-state index contributed by atoms with van der Waals surface area (Å²) in [7, 11) is 0.624. The highest BCUT2D eigenvalue weighted by molar-refractivity contribution is 8.93. The molecule has 0 aromatic carbocycles. The van der Waals surface area contributed by atoms with Gasteiger partial charge in [0.25, 0.3) is 0 Å². The van der Waals surface area contributed by atoms with E-state index in [0.717, 1.165) is 25.8 Å². The van der Waals surface area contributed by atoms with E-state index in [0.29, 0.717) is 6.04 Å². The van der Waals surface area contributed by atoms with Crippen molar-refractivity contribution in [1.29, 1.82) is 0 Å². The molecule has 0 aromatic rings. The van der Waals surface area contributed by atoms with E-state index in [-0.39, 0.29) is 23.1 Å². The van der Waals surface area contributed by atoms with Crippen molar-refractivity contribution >= 4 is 25.8 Å². The van der Waals surface area contributed by atoms with Crippen LogP contribution in [0, 0.1) is 0 Å². The van der Waals surface area contributed by atoms with Gasteiger partial charge in [0.1, 0.15) is 0 Å². The minimum Gasteiger partial charge on any atom is -0.377 e. The van der Waals surface area contributed by atoms with Crippen molar-refractivity contribution in [3.63, 3.8) is 0 Å². The van der Waals surface area contributed by atoms with Gasteiger partial charge in [0.05, 0.1) is 6.10 Å². The predicted octanol–water partition coefficient (Wildman–Crippen LogP) is 3.87. The molecule has 0 atom stereocenters. The second kappa shape index (κ2) is 17.8. The van der Waals surface area contributed by atoms with Crippen LogP contribution < -0.4 is 5.73 Å². The lowest BCUT2D eigenvalue weighted by Gasteiger charge is -2.29. The summed E-state index contributed by atoms with van der Waals surface area (Å²) in [6.07, 6.45) is 8.04. The topological polar surface area (TPSA) is 53.7 Å². The molecule has 0 heterocycles. The number of rotatable bonds is 11. The molecule has 126 valence electrons. The van der Waals surface area contributed by atoms with Gasteiger partial charge in [-0.05, 0) is 25.8 Å². The van der Waals surface area contributed by atoms with Crippen LogP contribution in [0.15, 0.2) is 38.0 Å². The number of hydrogen-bond donors (Lipinski definition) is 1. The molecular formula is C15H32BrNO3Si. The van der Waals surface area contributed by atoms with Crippen molar-refractivity contribution in [2.45, 2.75) is 38.3 Å². The molecule has 0 saturated heterocycles. The monoisotopic (exact) mass is 381 g/mol. The molecule has 0 rings (SSSR count). The normalized spacial score (nSPS) is 10.1. The van der Waals surface area contributed by atoms with Crippen LogP contribution in [-0.4, -0.2) is 35.7 Å². The first-order chi connectivity index (χ1) is 9.59. The third-order valence-electron chi connectivity index (χ3n) is 2.51. The Morgan fingerprint density at radius 3 is 1.71 bits per heavy atom. The van der Waals surface area contributed by atoms with E-state index in [1.54, 1.807) is 20.3 Å². The van der Waals surface area contributed by atoms with Gasteiger partial charge in [0.2, 0.25) is 0 Å². The molecule has 6 heteroatoms. The van der Waals surface area contributed by atoms with Crippen LogP contribution in [0.5, 0.6) is 0 Å². The van der Waals surface area contributed by atoms with E-state index in [1.165, 1.54) is 0 Å². The van der Waals surface area contributed by atoms with E-state index < -0.39 is 8.80 Å². The van der Waals surface area contributed by atoms with Gasteiger partial charge >= 0.3 is 8.80 Å². The molecule has 0 amide bonds. The Morgan fingerprint density at radius 2 is 1.48 bits per heavy atom. The number of hydrogen-bond acceptors (Lipinski definition) is 4. The Hall–Kier alpha value is -0.243. The molecule has 0 saturated carbocycles. The predicted molar refractivity (Wildman–Crippen MR) is 98.9 cm³/mol. The first kappa shape index (κ1) is 25.7. The lowest BCUT2D eigenvalue weighted by atomic mass is 10.2. The van der Waals surface area contributed by atoms with Crippen LogP contribution in [0.25, 0.3) is 0 Å². The van der Waals surface area contributed by atoms with Crippen LogP contribution in [0.2, 0.25) is 6.04 Å². The Balaban J connectivity index is -0.000000572. The van der Waals surface area contributed by atoms with Gasteiger partial charge in [0, 0.05) is 20.3 Å². The lowest BCUT2D eigenvalue weighted by molar-refractivity contribution is 0.0599. The molecule has 4 nitrogen and oxygen atoms in total. The van der Waals surface area contributed by atoms with Gasteiger partial charge in [-0.3, -0.25) is 0 Å². The van der Waals surface area contributed by atoms with Crippen LogP contribution in [-0.2, 0) is 13.3 Å². The molecule has 0 aliphatic rings. The highest BCUT2D eigenvalue weighted by atomic mass is 79.9. The van der Waals surface area contributed by atoms with Crippen molar-refractivity contribution in [2.75, 3.05) is 20.8 Å². The van der Waals surface area contributed by atoms with Crippen molar-refractivity contribution in [1.82, 2.24) is 0 Å². The summed E-state index contributed by atoms with van der Waals surface area (Å²) in [4.78, 5) is 0. The van der Waals surface area contributed by atoms with Gasteiger partial charge in [-0.2, -0.15) is 0 Å². The summed E-state index contributed by atoms with van der Waals surface area (Å²) < 4.78 is 16.7. The zero-order chi connectivity index (χ0) is 15.9. The SMILES string of the molecule is Br.C=CCC(CC=C)O[Si](CC=C)(OC)OC.CCCN.